The van der Waals surface area contributed by atoms with Crippen LogP contribution in [0.4, 0.5) is 10.8 Å². The van der Waals surface area contributed by atoms with Gasteiger partial charge in [0.2, 0.25) is 5.91 Å². The topological polar surface area (TPSA) is 123 Å². The number of rotatable bonds is 13. The van der Waals surface area contributed by atoms with E-state index in [0.717, 1.165) is 27.8 Å². The van der Waals surface area contributed by atoms with Gasteiger partial charge in [0.1, 0.15) is 18.4 Å². The second kappa shape index (κ2) is 15.8. The molecule has 248 valence electrons. The van der Waals surface area contributed by atoms with Gasteiger partial charge < -0.3 is 29.4 Å². The number of anilines is 1. The summed E-state index contributed by atoms with van der Waals surface area (Å²) >= 11 is 0. The number of methoxy groups -OCH3 is 1. The van der Waals surface area contributed by atoms with Gasteiger partial charge in [-0.1, -0.05) is 78.9 Å². The van der Waals surface area contributed by atoms with Crippen molar-refractivity contribution in [3.05, 3.63) is 135 Å². The average Bonchev–Trinajstić information content (AvgIpc) is 3.11. The number of likely N-dealkylation sites (N-methyl/N-ethyl adjacent to an activating group) is 1. The molecule has 4 aromatic carbocycles. The van der Waals surface area contributed by atoms with E-state index in [4.69, 9.17) is 13.9 Å². The number of aryl methyl sites for hydroxylation is 2. The van der Waals surface area contributed by atoms with Gasteiger partial charge in [-0.3, -0.25) is 4.79 Å². The molecular weight excluding hydrogens is 608 g/mol. The molecule has 1 unspecified atom stereocenters. The lowest BCUT2D eigenvalue weighted by Gasteiger charge is -2.27. The second-order valence-corrected chi connectivity index (χ2v) is 11.5. The number of ether oxygens (including phenoxy) is 2. The van der Waals surface area contributed by atoms with E-state index < -0.39 is 17.8 Å². The first-order valence-corrected chi connectivity index (χ1v) is 15.9. The maximum Gasteiger partial charge on any atom is 0.407 e. The fraction of sp³-hybridized carbons (Fsp3) is 0.263. The van der Waals surface area contributed by atoms with E-state index in [9.17, 15) is 14.4 Å². The van der Waals surface area contributed by atoms with Crippen molar-refractivity contribution in [3.63, 3.8) is 0 Å². The van der Waals surface area contributed by atoms with Gasteiger partial charge in [0.05, 0.1) is 18.0 Å². The number of amides is 2. The number of nitrogens with one attached hydrogen (secondary N) is 2. The van der Waals surface area contributed by atoms with Crippen LogP contribution in [0.25, 0.3) is 10.9 Å². The Morgan fingerprint density at radius 2 is 1.58 bits per heavy atom. The molecule has 0 spiro atoms. The Morgan fingerprint density at radius 1 is 0.917 bits per heavy atom. The molecule has 1 atom stereocenters. The fourth-order valence-electron chi connectivity index (χ4n) is 5.53. The summed E-state index contributed by atoms with van der Waals surface area (Å²) in [5.41, 5.74) is 4.73. The molecule has 5 aromatic rings. The SMILES string of the molecule is CCN(Cc1ccccc1)C(=O)C(Cc1ccc(OC)cc1)Nc1nc2c(C)cc(CNC(=O)OCc3ccccc3)c(C)c2c(=O)o1. The molecule has 0 aliphatic rings. The van der Waals surface area contributed by atoms with Gasteiger partial charge in [-0.05, 0) is 66.3 Å². The molecule has 0 aliphatic heterocycles. The number of fused-ring (bicyclic) bond motifs is 1. The minimum absolute atomic E-state index is 0.0482. The summed E-state index contributed by atoms with van der Waals surface area (Å²) in [6, 6.07) is 27.7. The van der Waals surface area contributed by atoms with Crippen LogP contribution in [-0.2, 0) is 35.6 Å². The number of carbonyl (C=O) groups excluding carboxylic acids is 2. The normalized spacial score (nSPS) is 11.5. The molecule has 1 aromatic heterocycles. The third-order valence-corrected chi connectivity index (χ3v) is 8.20. The molecule has 0 saturated carbocycles. The Hall–Kier alpha value is -5.64. The van der Waals surface area contributed by atoms with Gasteiger partial charge in [-0.2, -0.15) is 4.98 Å². The molecule has 48 heavy (non-hydrogen) atoms. The van der Waals surface area contributed by atoms with Crippen molar-refractivity contribution >= 4 is 28.9 Å². The Bertz CT molecular complexity index is 1910. The molecule has 0 bridgehead atoms. The molecule has 10 heteroatoms. The summed E-state index contributed by atoms with van der Waals surface area (Å²) < 4.78 is 16.3. The van der Waals surface area contributed by atoms with E-state index in [2.05, 4.69) is 15.6 Å². The van der Waals surface area contributed by atoms with Crippen LogP contribution in [0.2, 0.25) is 0 Å². The summed E-state index contributed by atoms with van der Waals surface area (Å²) in [6.07, 6.45) is -0.248. The highest BCUT2D eigenvalue weighted by Gasteiger charge is 2.26. The van der Waals surface area contributed by atoms with Crippen molar-refractivity contribution in [2.24, 2.45) is 0 Å². The quantitative estimate of drug-likeness (QED) is 0.152. The largest absolute Gasteiger partial charge is 0.497 e. The highest BCUT2D eigenvalue weighted by Crippen LogP contribution is 2.24. The second-order valence-electron chi connectivity index (χ2n) is 11.5. The third-order valence-electron chi connectivity index (χ3n) is 8.20. The zero-order chi connectivity index (χ0) is 34.0. The predicted octanol–water partition coefficient (Wildman–Crippen LogP) is 6.31. The number of aromatic nitrogens is 1. The molecule has 0 radical (unpaired) electrons. The molecule has 0 fully saturated rings. The van der Waals surface area contributed by atoms with Crippen LogP contribution < -0.4 is 21.0 Å². The summed E-state index contributed by atoms with van der Waals surface area (Å²) in [6.45, 7) is 6.78. The minimum Gasteiger partial charge on any atom is -0.497 e. The first-order chi connectivity index (χ1) is 23.2. The molecule has 10 nitrogen and oxygen atoms in total. The standard InChI is InChI=1S/C38H40N4O6/c1-5-42(23-28-12-8-6-9-13-28)35(43)32(21-27-16-18-31(46-4)19-17-27)40-37-41-34-25(2)20-30(26(3)33(34)36(44)48-37)22-39-38(45)47-24-29-14-10-7-11-15-29/h6-20,32H,5,21-24H2,1-4H3,(H,39,45)(H,40,41). The average molecular weight is 649 g/mol. The van der Waals surface area contributed by atoms with Gasteiger partial charge in [-0.25, -0.2) is 9.59 Å². The molecule has 2 amide bonds. The van der Waals surface area contributed by atoms with Crippen LogP contribution in [0.1, 0.15) is 40.3 Å². The Labute approximate surface area is 279 Å². The Balaban J connectivity index is 1.38. The summed E-state index contributed by atoms with van der Waals surface area (Å²) in [4.78, 5) is 46.3. The van der Waals surface area contributed by atoms with Gasteiger partial charge >= 0.3 is 11.7 Å². The van der Waals surface area contributed by atoms with E-state index in [1.807, 2.05) is 105 Å². The number of alkyl carbamates (subject to hydrolysis) is 1. The van der Waals surface area contributed by atoms with E-state index in [0.29, 0.717) is 41.7 Å². The van der Waals surface area contributed by atoms with Gasteiger partial charge in [-0.15, -0.1) is 0 Å². The fourth-order valence-corrected chi connectivity index (χ4v) is 5.53. The molecule has 0 saturated heterocycles. The lowest BCUT2D eigenvalue weighted by molar-refractivity contribution is -0.132. The first-order valence-electron chi connectivity index (χ1n) is 15.9. The van der Waals surface area contributed by atoms with Crippen LogP contribution in [0.3, 0.4) is 0 Å². The number of carbonyl (C=O) groups is 2. The van der Waals surface area contributed by atoms with Crippen LogP contribution in [0.5, 0.6) is 5.75 Å². The van der Waals surface area contributed by atoms with E-state index in [1.165, 1.54) is 0 Å². The monoisotopic (exact) mass is 648 g/mol. The first kappa shape index (κ1) is 33.7. The maximum atomic E-state index is 14.0. The smallest absolute Gasteiger partial charge is 0.407 e. The number of hydrogen-bond acceptors (Lipinski definition) is 8. The number of nitrogens with zero attached hydrogens (tertiary/aromatic N) is 2. The van der Waals surface area contributed by atoms with Gasteiger partial charge in [0.15, 0.2) is 0 Å². The van der Waals surface area contributed by atoms with Crippen molar-refractivity contribution in [2.75, 3.05) is 19.0 Å². The highest BCUT2D eigenvalue weighted by atomic mass is 16.5. The van der Waals surface area contributed by atoms with Crippen LogP contribution in [-0.4, -0.2) is 41.6 Å². The molecular formula is C38H40N4O6. The molecule has 5 rings (SSSR count). The zero-order valence-corrected chi connectivity index (χ0v) is 27.6. The van der Waals surface area contributed by atoms with Crippen LogP contribution in [0, 0.1) is 13.8 Å². The van der Waals surface area contributed by atoms with Crippen LogP contribution >= 0.6 is 0 Å². The number of benzene rings is 4. The van der Waals surface area contributed by atoms with E-state index in [1.54, 1.807) is 18.9 Å². The van der Waals surface area contributed by atoms with Crippen molar-refractivity contribution in [2.45, 2.75) is 52.9 Å². The third kappa shape index (κ3) is 8.38. The minimum atomic E-state index is -0.776. The maximum absolute atomic E-state index is 14.0. The van der Waals surface area contributed by atoms with Crippen LogP contribution in [0.15, 0.2) is 100 Å². The summed E-state index contributed by atoms with van der Waals surface area (Å²) in [5, 5.41) is 6.22. The highest BCUT2D eigenvalue weighted by molar-refractivity contribution is 5.87. The van der Waals surface area contributed by atoms with Crippen molar-refractivity contribution in [1.82, 2.24) is 15.2 Å². The zero-order valence-electron chi connectivity index (χ0n) is 27.6. The lowest BCUT2D eigenvalue weighted by atomic mass is 10.0. The molecule has 2 N–H and O–H groups in total. The van der Waals surface area contributed by atoms with E-state index >= 15 is 0 Å². The van der Waals surface area contributed by atoms with Crippen molar-refractivity contribution < 1.29 is 23.5 Å². The summed E-state index contributed by atoms with van der Waals surface area (Å²) in [7, 11) is 1.60. The number of hydrogen-bond donors (Lipinski definition) is 2. The predicted molar refractivity (Wildman–Crippen MR) is 185 cm³/mol. The Kier molecular flexibility index (Phi) is 11.1. The lowest BCUT2D eigenvalue weighted by Crippen LogP contribution is -2.44. The van der Waals surface area contributed by atoms with Crippen molar-refractivity contribution in [3.8, 4) is 5.75 Å². The summed E-state index contributed by atoms with van der Waals surface area (Å²) in [5.74, 6) is 0.552. The molecule has 1 heterocycles. The Morgan fingerprint density at radius 3 is 2.23 bits per heavy atom. The van der Waals surface area contributed by atoms with E-state index in [-0.39, 0.29) is 25.1 Å². The van der Waals surface area contributed by atoms with Gasteiger partial charge in [0, 0.05) is 26.1 Å². The van der Waals surface area contributed by atoms with Crippen molar-refractivity contribution in [1.29, 1.82) is 0 Å². The van der Waals surface area contributed by atoms with Gasteiger partial charge in [0.25, 0.3) is 6.01 Å². The molecule has 0 aliphatic carbocycles.